The summed E-state index contributed by atoms with van der Waals surface area (Å²) in [6.07, 6.45) is 2.84. The highest BCUT2D eigenvalue weighted by atomic mass is 32.2. The summed E-state index contributed by atoms with van der Waals surface area (Å²) in [5.74, 6) is -0.212. The van der Waals surface area contributed by atoms with Gasteiger partial charge in [-0.3, -0.25) is 0 Å². The first-order valence-electron chi connectivity index (χ1n) is 6.16. The highest BCUT2D eigenvalue weighted by molar-refractivity contribution is 7.99. The minimum absolute atomic E-state index is 0.0317. The smallest absolute Gasteiger partial charge is 0.190 e. The van der Waals surface area contributed by atoms with Gasteiger partial charge in [0.25, 0.3) is 0 Å². The summed E-state index contributed by atoms with van der Waals surface area (Å²) in [5.41, 5.74) is 6.59. The molecule has 0 saturated heterocycles. The van der Waals surface area contributed by atoms with Crippen LogP contribution >= 0.6 is 11.8 Å². The Morgan fingerprint density at radius 2 is 2.26 bits per heavy atom. The van der Waals surface area contributed by atoms with Gasteiger partial charge in [-0.25, -0.2) is 14.1 Å². The molecule has 102 valence electrons. The molecule has 0 aliphatic heterocycles. The van der Waals surface area contributed by atoms with E-state index >= 15 is 0 Å². The second-order valence-corrected chi connectivity index (χ2v) is 5.37. The number of halogens is 1. The van der Waals surface area contributed by atoms with Crippen LogP contribution in [0.2, 0.25) is 0 Å². The number of hydrogen-bond acceptors (Lipinski definition) is 4. The second-order valence-electron chi connectivity index (χ2n) is 4.36. The number of rotatable bonds is 5. The van der Waals surface area contributed by atoms with E-state index in [-0.39, 0.29) is 11.9 Å². The summed E-state index contributed by atoms with van der Waals surface area (Å²) in [4.78, 5) is 4.99. The number of aromatic nitrogens is 3. The lowest BCUT2D eigenvalue weighted by Crippen LogP contribution is -2.22. The molecule has 2 rings (SSSR count). The lowest BCUT2D eigenvalue weighted by Gasteiger charge is -2.13. The van der Waals surface area contributed by atoms with Crippen molar-refractivity contribution in [1.82, 2.24) is 14.8 Å². The van der Waals surface area contributed by atoms with Gasteiger partial charge in [-0.1, -0.05) is 13.0 Å². The fourth-order valence-corrected chi connectivity index (χ4v) is 2.64. The van der Waals surface area contributed by atoms with Gasteiger partial charge in [0.1, 0.15) is 12.1 Å². The van der Waals surface area contributed by atoms with E-state index < -0.39 is 0 Å². The van der Waals surface area contributed by atoms with E-state index in [0.29, 0.717) is 12.0 Å². The zero-order chi connectivity index (χ0) is 13.8. The van der Waals surface area contributed by atoms with Gasteiger partial charge >= 0.3 is 0 Å². The van der Waals surface area contributed by atoms with Crippen LogP contribution in [0.25, 0.3) is 0 Å². The minimum Gasteiger partial charge on any atom is -0.327 e. The van der Waals surface area contributed by atoms with E-state index in [1.54, 1.807) is 10.7 Å². The van der Waals surface area contributed by atoms with Crippen molar-refractivity contribution in [2.24, 2.45) is 12.8 Å². The van der Waals surface area contributed by atoms with Gasteiger partial charge in [0.05, 0.1) is 0 Å². The Kier molecular flexibility index (Phi) is 4.55. The molecule has 0 bridgehead atoms. The van der Waals surface area contributed by atoms with Crippen LogP contribution < -0.4 is 5.73 Å². The van der Waals surface area contributed by atoms with Crippen molar-refractivity contribution in [1.29, 1.82) is 0 Å². The van der Waals surface area contributed by atoms with Crippen molar-refractivity contribution in [3.05, 3.63) is 35.9 Å². The summed E-state index contributed by atoms with van der Waals surface area (Å²) in [5, 5.41) is 4.74. The van der Waals surface area contributed by atoms with Crippen molar-refractivity contribution in [2.45, 2.75) is 35.9 Å². The highest BCUT2D eigenvalue weighted by Gasteiger charge is 2.14. The van der Waals surface area contributed by atoms with Gasteiger partial charge in [-0.15, -0.1) is 0 Å². The monoisotopic (exact) mass is 280 g/mol. The average Bonchev–Trinajstić information content (AvgIpc) is 2.79. The number of nitrogens with zero attached hydrogens (tertiary/aromatic N) is 3. The Bertz CT molecular complexity index is 555. The molecule has 0 spiro atoms. The Balaban J connectivity index is 2.29. The molecule has 0 fully saturated rings. The molecule has 0 radical (unpaired) electrons. The standard InChI is InChI=1S/C13H17FN4S/c1-3-9(15)7-10-11(14)5-4-6-12(10)19-13-16-8-17-18(13)2/h4-6,8-9H,3,7,15H2,1-2H3. The molecule has 6 heteroatoms. The molecule has 1 unspecified atom stereocenters. The Hall–Kier alpha value is -1.40. The van der Waals surface area contributed by atoms with Crippen LogP contribution in [0, 0.1) is 5.82 Å². The van der Waals surface area contributed by atoms with Gasteiger partial charge in [-0.05, 0) is 36.7 Å². The van der Waals surface area contributed by atoms with Gasteiger partial charge in [-0.2, -0.15) is 5.10 Å². The van der Waals surface area contributed by atoms with Crippen LogP contribution in [0.1, 0.15) is 18.9 Å². The maximum atomic E-state index is 14.0. The van der Waals surface area contributed by atoms with E-state index in [1.807, 2.05) is 20.0 Å². The molecule has 0 aliphatic carbocycles. The normalized spacial score (nSPS) is 12.6. The van der Waals surface area contributed by atoms with Crippen molar-refractivity contribution < 1.29 is 4.39 Å². The summed E-state index contributed by atoms with van der Waals surface area (Å²) >= 11 is 1.41. The Morgan fingerprint density at radius 3 is 2.89 bits per heavy atom. The third-order valence-electron chi connectivity index (χ3n) is 2.94. The van der Waals surface area contributed by atoms with Crippen molar-refractivity contribution >= 4 is 11.8 Å². The molecule has 0 saturated carbocycles. The molecule has 19 heavy (non-hydrogen) atoms. The molecular weight excluding hydrogens is 263 g/mol. The molecular formula is C13H17FN4S. The highest BCUT2D eigenvalue weighted by Crippen LogP contribution is 2.30. The molecule has 0 aliphatic rings. The molecule has 2 N–H and O–H groups in total. The maximum absolute atomic E-state index is 14.0. The molecule has 1 heterocycles. The lowest BCUT2D eigenvalue weighted by molar-refractivity contribution is 0.571. The quantitative estimate of drug-likeness (QED) is 0.913. The molecule has 4 nitrogen and oxygen atoms in total. The SMILES string of the molecule is CCC(N)Cc1c(F)cccc1Sc1ncnn1C. The van der Waals surface area contributed by atoms with Crippen molar-refractivity contribution in [2.75, 3.05) is 0 Å². The Morgan fingerprint density at radius 1 is 1.47 bits per heavy atom. The summed E-state index contributed by atoms with van der Waals surface area (Å²) < 4.78 is 15.6. The van der Waals surface area contributed by atoms with Crippen molar-refractivity contribution in [3.63, 3.8) is 0 Å². The molecule has 1 atom stereocenters. The third kappa shape index (κ3) is 3.33. The predicted octanol–water partition coefficient (Wildman–Crippen LogP) is 2.39. The van der Waals surface area contributed by atoms with Gasteiger partial charge in [0.2, 0.25) is 0 Å². The predicted molar refractivity (Wildman–Crippen MR) is 73.5 cm³/mol. The van der Waals surface area contributed by atoms with Crippen LogP contribution in [0.5, 0.6) is 0 Å². The number of aryl methyl sites for hydroxylation is 1. The first-order valence-corrected chi connectivity index (χ1v) is 6.98. The van der Waals surface area contributed by atoms with Gasteiger partial charge in [0, 0.05) is 23.5 Å². The fourth-order valence-electron chi connectivity index (χ4n) is 1.72. The zero-order valence-electron chi connectivity index (χ0n) is 11.0. The Labute approximate surface area is 116 Å². The van der Waals surface area contributed by atoms with E-state index in [2.05, 4.69) is 10.1 Å². The molecule has 1 aromatic heterocycles. The van der Waals surface area contributed by atoms with Crippen LogP contribution in [0.15, 0.2) is 34.6 Å². The average molecular weight is 280 g/mol. The minimum atomic E-state index is -0.212. The van der Waals surface area contributed by atoms with Crippen LogP contribution in [-0.2, 0) is 13.5 Å². The molecule has 2 aromatic rings. The topological polar surface area (TPSA) is 56.7 Å². The largest absolute Gasteiger partial charge is 0.327 e. The number of benzene rings is 1. The zero-order valence-corrected chi connectivity index (χ0v) is 11.8. The van der Waals surface area contributed by atoms with E-state index in [0.717, 1.165) is 16.5 Å². The molecule has 1 aromatic carbocycles. The van der Waals surface area contributed by atoms with E-state index in [4.69, 9.17) is 5.73 Å². The van der Waals surface area contributed by atoms with Crippen LogP contribution in [0.3, 0.4) is 0 Å². The number of hydrogen-bond donors (Lipinski definition) is 1. The first-order chi connectivity index (χ1) is 9.11. The van der Waals surface area contributed by atoms with Gasteiger partial charge < -0.3 is 5.73 Å². The summed E-state index contributed by atoms with van der Waals surface area (Å²) in [6, 6.07) is 5.03. The maximum Gasteiger partial charge on any atom is 0.190 e. The first kappa shape index (κ1) is 14.0. The van der Waals surface area contributed by atoms with E-state index in [9.17, 15) is 4.39 Å². The van der Waals surface area contributed by atoms with E-state index in [1.165, 1.54) is 24.2 Å². The van der Waals surface area contributed by atoms with Crippen molar-refractivity contribution in [3.8, 4) is 0 Å². The lowest BCUT2D eigenvalue weighted by atomic mass is 10.0. The molecule has 0 amide bonds. The van der Waals surface area contributed by atoms with Gasteiger partial charge in [0.15, 0.2) is 5.16 Å². The summed E-state index contributed by atoms with van der Waals surface area (Å²) in [6.45, 7) is 2.00. The number of nitrogens with two attached hydrogens (primary N) is 1. The fraction of sp³-hybridized carbons (Fsp3) is 0.385. The van der Waals surface area contributed by atoms with Crippen LogP contribution in [0.4, 0.5) is 4.39 Å². The van der Waals surface area contributed by atoms with Crippen LogP contribution in [-0.4, -0.2) is 20.8 Å². The summed E-state index contributed by atoms with van der Waals surface area (Å²) in [7, 11) is 1.81. The third-order valence-corrected chi connectivity index (χ3v) is 4.09. The second kappa shape index (κ2) is 6.16.